The van der Waals surface area contributed by atoms with Crippen molar-refractivity contribution in [3.05, 3.63) is 34.5 Å². The minimum absolute atomic E-state index is 0.00476. The molecule has 1 heterocycles. The molecule has 3 rings (SSSR count). The predicted molar refractivity (Wildman–Crippen MR) is 146 cm³/mol. The average molecular weight is 639 g/mol. The topological polar surface area (TPSA) is 114 Å². The monoisotopic (exact) mass is 638 g/mol. The highest BCUT2D eigenvalue weighted by atomic mass is 35.5. The summed E-state index contributed by atoms with van der Waals surface area (Å²) in [7, 11) is -3.26. The van der Waals surface area contributed by atoms with Crippen molar-refractivity contribution in [3.8, 4) is 23.1 Å². The molecule has 1 aromatic heterocycles. The Labute approximate surface area is 246 Å². The van der Waals surface area contributed by atoms with Gasteiger partial charge >= 0.3 is 12.8 Å². The Morgan fingerprint density at radius 1 is 1.29 bits per heavy atom. The van der Waals surface area contributed by atoms with E-state index in [-0.39, 0.29) is 66.3 Å². The van der Waals surface area contributed by atoms with Gasteiger partial charge < -0.3 is 10.1 Å². The largest absolute Gasteiger partial charge is 0.434 e. The van der Waals surface area contributed by atoms with Crippen LogP contribution >= 0.6 is 11.6 Å². The zero-order valence-electron chi connectivity index (χ0n) is 23.5. The van der Waals surface area contributed by atoms with E-state index in [0.29, 0.717) is 0 Å². The van der Waals surface area contributed by atoms with E-state index in [4.69, 9.17) is 11.6 Å². The van der Waals surface area contributed by atoms with Gasteiger partial charge in [-0.2, -0.15) is 32.3 Å². The molecule has 0 atom stereocenters. The van der Waals surface area contributed by atoms with Crippen molar-refractivity contribution in [3.63, 3.8) is 0 Å². The first-order chi connectivity index (χ1) is 19.3. The lowest BCUT2D eigenvalue weighted by Gasteiger charge is -2.34. The summed E-state index contributed by atoms with van der Waals surface area (Å²) in [6.07, 6.45) is -2.82. The number of hydrogen-bond acceptors (Lipinski definition) is 6. The van der Waals surface area contributed by atoms with Gasteiger partial charge in [-0.05, 0) is 56.7 Å². The van der Waals surface area contributed by atoms with E-state index in [1.807, 2.05) is 0 Å². The maximum Gasteiger partial charge on any atom is 0.394 e. The van der Waals surface area contributed by atoms with Crippen molar-refractivity contribution in [1.82, 2.24) is 15.1 Å². The van der Waals surface area contributed by atoms with E-state index in [0.717, 1.165) is 26.2 Å². The Hall–Kier alpha value is -2.92. The molecule has 1 aliphatic rings. The molecule has 0 saturated heterocycles. The van der Waals surface area contributed by atoms with E-state index in [9.17, 15) is 40.4 Å². The minimum atomic E-state index is -4.54. The first kappa shape index (κ1) is 33.6. The van der Waals surface area contributed by atoms with E-state index in [2.05, 4.69) is 21.2 Å². The molecule has 1 aliphatic carbocycles. The third-order valence-electron chi connectivity index (χ3n) is 7.66. The van der Waals surface area contributed by atoms with E-state index in [1.54, 1.807) is 6.92 Å². The number of carbonyl (C=O) groups excluding carboxylic acids is 1. The maximum absolute atomic E-state index is 13.4. The van der Waals surface area contributed by atoms with Gasteiger partial charge in [-0.15, -0.1) is 0 Å². The van der Waals surface area contributed by atoms with Crippen LogP contribution in [-0.4, -0.2) is 54.9 Å². The minimum Gasteiger partial charge on any atom is -0.434 e. The predicted octanol–water partition coefficient (Wildman–Crippen LogP) is 6.18. The zero-order valence-corrected chi connectivity index (χ0v) is 25.1. The van der Waals surface area contributed by atoms with Crippen LogP contribution in [0.15, 0.2) is 18.2 Å². The molecule has 1 N–H and O–H groups in total. The highest BCUT2D eigenvalue weighted by Gasteiger charge is 2.47. The van der Waals surface area contributed by atoms with E-state index >= 15 is 0 Å². The second-order valence-corrected chi connectivity index (χ2v) is 13.9. The molecule has 15 heteroatoms. The number of aromatic nitrogens is 2. The van der Waals surface area contributed by atoms with Gasteiger partial charge in [-0.1, -0.05) is 31.5 Å². The molecule has 232 valence electrons. The first-order valence-corrected chi connectivity index (χ1v) is 15.5. The molecule has 0 aliphatic heterocycles. The van der Waals surface area contributed by atoms with Gasteiger partial charge in [0.05, 0.1) is 32.9 Å². The van der Waals surface area contributed by atoms with Gasteiger partial charge in [0.25, 0.3) is 5.91 Å². The summed E-state index contributed by atoms with van der Waals surface area (Å²) in [5, 5.41) is 15.9. The number of nitrogens with zero attached hydrogens (tertiary/aromatic N) is 3. The molecule has 8 nitrogen and oxygen atoms in total. The lowest BCUT2D eigenvalue weighted by molar-refractivity contribution is -0.211. The summed E-state index contributed by atoms with van der Waals surface area (Å²) >= 11 is 6.54. The summed E-state index contributed by atoms with van der Waals surface area (Å²) < 4.78 is 96.7. The van der Waals surface area contributed by atoms with Crippen LogP contribution in [0.5, 0.6) is 5.75 Å². The molecule has 0 radical (unpaired) electrons. The van der Waals surface area contributed by atoms with Gasteiger partial charge in [0.15, 0.2) is 5.69 Å². The Morgan fingerprint density at radius 3 is 2.40 bits per heavy atom. The number of benzene rings is 1. The van der Waals surface area contributed by atoms with Crippen molar-refractivity contribution < 1.29 is 39.9 Å². The molecule has 2 aromatic rings. The number of ether oxygens (including phenoxy) is 1. The molecule has 42 heavy (non-hydrogen) atoms. The van der Waals surface area contributed by atoms with Crippen molar-refractivity contribution >= 4 is 27.3 Å². The normalized spacial score (nSPS) is 19.9. The van der Waals surface area contributed by atoms with Crippen molar-refractivity contribution in [1.29, 1.82) is 5.26 Å². The number of rotatable bonds is 10. The number of halogens is 6. The summed E-state index contributed by atoms with van der Waals surface area (Å²) in [6.45, 7) is 0.412. The van der Waals surface area contributed by atoms with Crippen molar-refractivity contribution in [2.45, 2.75) is 77.5 Å². The number of nitriles is 1. The second kappa shape index (κ2) is 12.4. The summed E-state index contributed by atoms with van der Waals surface area (Å²) in [5.74, 6) is -1.18. The van der Waals surface area contributed by atoms with Crippen molar-refractivity contribution in [2.24, 2.45) is 10.8 Å². The second-order valence-electron chi connectivity index (χ2n) is 11.2. The zero-order chi connectivity index (χ0) is 31.7. The average Bonchev–Trinajstić information content (AvgIpc) is 3.22. The number of alkyl halides is 5. The summed E-state index contributed by atoms with van der Waals surface area (Å²) in [5.41, 5.74) is -3.24. The SMILES string of the molecule is CCn1nc(C(=O)NCC2(C#N)CCC(S(C)(=O)=O)CC2)c(Cl)c1-c1ccc(CC(C)(C)C(F)(F)F)cc1OC(F)F. The van der Waals surface area contributed by atoms with Gasteiger partial charge in [0.1, 0.15) is 15.6 Å². The van der Waals surface area contributed by atoms with Gasteiger partial charge in [-0.25, -0.2) is 8.42 Å². The molecular formula is C27H32ClF5N4O4S. The van der Waals surface area contributed by atoms with Crippen LogP contribution in [0.2, 0.25) is 5.02 Å². The van der Waals surface area contributed by atoms with Crippen LogP contribution in [0.3, 0.4) is 0 Å². The van der Waals surface area contributed by atoms with Crippen LogP contribution < -0.4 is 10.1 Å². The Kier molecular flexibility index (Phi) is 9.88. The molecule has 1 saturated carbocycles. The molecular weight excluding hydrogens is 607 g/mol. The van der Waals surface area contributed by atoms with Crippen LogP contribution in [0.1, 0.15) is 62.5 Å². The molecule has 1 fully saturated rings. The van der Waals surface area contributed by atoms with Gasteiger partial charge in [0.2, 0.25) is 0 Å². The Balaban J connectivity index is 1.91. The molecule has 1 aromatic carbocycles. The smallest absolute Gasteiger partial charge is 0.394 e. The number of nitrogens with one attached hydrogen (secondary N) is 1. The quantitative estimate of drug-likeness (QED) is 0.311. The van der Waals surface area contributed by atoms with Gasteiger partial charge in [-0.3, -0.25) is 9.48 Å². The number of carbonyl (C=O) groups is 1. The Morgan fingerprint density at radius 2 is 1.90 bits per heavy atom. The number of hydrogen-bond donors (Lipinski definition) is 1. The summed E-state index contributed by atoms with van der Waals surface area (Å²) in [6, 6.07) is 5.91. The molecule has 0 unspecified atom stereocenters. The highest BCUT2D eigenvalue weighted by Crippen LogP contribution is 2.43. The fourth-order valence-electron chi connectivity index (χ4n) is 4.98. The standard InChI is InChI=1S/C27H32ClF5N4O4S/c1-5-37-22(18-7-6-16(12-19(18)41-24(29)30)13-25(2,3)27(31,32)33)20(28)21(36-37)23(38)35-15-26(14-34)10-8-17(9-11-26)42(4,39)40/h6-7,12,17,24H,5,8-11,13,15H2,1-4H3,(H,35,38). The van der Waals surface area contributed by atoms with Crippen LogP contribution in [-0.2, 0) is 22.8 Å². The van der Waals surface area contributed by atoms with Crippen LogP contribution in [0, 0.1) is 22.2 Å². The fraction of sp³-hybridized carbons (Fsp3) is 0.593. The number of amides is 1. The molecule has 1 amide bonds. The first-order valence-electron chi connectivity index (χ1n) is 13.1. The lowest BCUT2D eigenvalue weighted by Crippen LogP contribution is -2.41. The van der Waals surface area contributed by atoms with Gasteiger partial charge in [0, 0.05) is 24.9 Å². The van der Waals surface area contributed by atoms with E-state index in [1.165, 1.54) is 16.8 Å². The summed E-state index contributed by atoms with van der Waals surface area (Å²) in [4.78, 5) is 13.1. The van der Waals surface area contributed by atoms with Crippen molar-refractivity contribution in [2.75, 3.05) is 12.8 Å². The fourth-order valence-corrected chi connectivity index (χ4v) is 6.40. The third kappa shape index (κ3) is 7.34. The molecule has 0 spiro atoms. The number of sulfone groups is 1. The third-order valence-corrected chi connectivity index (χ3v) is 9.70. The Bertz CT molecular complexity index is 1460. The maximum atomic E-state index is 13.4. The van der Waals surface area contributed by atoms with E-state index < -0.39 is 56.8 Å². The lowest BCUT2D eigenvalue weighted by atomic mass is 9.75. The highest BCUT2D eigenvalue weighted by molar-refractivity contribution is 7.91. The molecule has 0 bridgehead atoms. The van der Waals surface area contributed by atoms with Crippen LogP contribution in [0.25, 0.3) is 11.3 Å². The van der Waals surface area contributed by atoms with Crippen LogP contribution in [0.4, 0.5) is 22.0 Å². The number of aryl methyl sites for hydroxylation is 1.